The van der Waals surface area contributed by atoms with E-state index in [1.165, 1.54) is 6.07 Å². The van der Waals surface area contributed by atoms with Gasteiger partial charge in [-0.2, -0.15) is 0 Å². The van der Waals surface area contributed by atoms with Gasteiger partial charge in [-0.3, -0.25) is 0 Å². The molecule has 4 rings (SSSR count). The van der Waals surface area contributed by atoms with Crippen molar-refractivity contribution in [2.45, 2.75) is 26.7 Å². The van der Waals surface area contributed by atoms with Gasteiger partial charge in [0.1, 0.15) is 0 Å². The Hall–Kier alpha value is -3.79. The van der Waals surface area contributed by atoms with Crippen LogP contribution in [-0.4, -0.2) is 6.61 Å². The molecule has 4 aromatic carbocycles. The monoisotopic (exact) mass is 472 g/mol. The minimum absolute atomic E-state index is 0.203. The smallest absolute Gasteiger partial charge is 0.167 e. The zero-order valence-electron chi connectivity index (χ0n) is 19.8. The minimum atomic E-state index is -0.872. The Morgan fingerprint density at radius 2 is 1.23 bits per heavy atom. The van der Waals surface area contributed by atoms with Crippen LogP contribution < -0.4 is 4.74 Å². The maximum atomic E-state index is 14.9. The summed E-state index contributed by atoms with van der Waals surface area (Å²) in [5.74, 6) is -1.88. The third-order valence-corrected chi connectivity index (χ3v) is 5.85. The normalized spacial score (nSPS) is 11.2. The lowest BCUT2D eigenvalue weighted by Gasteiger charge is -2.10. The molecule has 0 amide bonds. The summed E-state index contributed by atoms with van der Waals surface area (Å²) in [5, 5.41) is 0. The number of benzene rings is 4. The quantitative estimate of drug-likeness (QED) is 0.184. The van der Waals surface area contributed by atoms with Crippen LogP contribution in [-0.2, 0) is 0 Å². The van der Waals surface area contributed by atoms with E-state index in [0.717, 1.165) is 24.0 Å². The summed E-state index contributed by atoms with van der Waals surface area (Å²) in [6, 6.07) is 22.5. The van der Waals surface area contributed by atoms with Gasteiger partial charge in [-0.15, -0.1) is 0 Å². The van der Waals surface area contributed by atoms with Crippen LogP contribution in [0.3, 0.4) is 0 Å². The molecule has 178 valence electrons. The van der Waals surface area contributed by atoms with Crippen molar-refractivity contribution in [3.8, 4) is 28.0 Å². The molecule has 0 aliphatic rings. The summed E-state index contributed by atoms with van der Waals surface area (Å²) in [6.45, 7) is 4.49. The Kier molecular flexibility index (Phi) is 7.71. The lowest BCUT2D eigenvalue weighted by molar-refractivity contribution is 0.294. The predicted molar refractivity (Wildman–Crippen MR) is 138 cm³/mol. The maximum Gasteiger partial charge on any atom is 0.167 e. The molecule has 0 aliphatic carbocycles. The lowest BCUT2D eigenvalue weighted by atomic mass is 9.97. The predicted octanol–water partition coefficient (Wildman–Crippen LogP) is 9.10. The topological polar surface area (TPSA) is 9.23 Å². The first-order valence-corrected chi connectivity index (χ1v) is 11.7. The van der Waals surface area contributed by atoms with Crippen molar-refractivity contribution in [3.05, 3.63) is 113 Å². The van der Waals surface area contributed by atoms with Crippen LogP contribution in [0.15, 0.2) is 78.9 Å². The molecule has 0 unspecified atom stereocenters. The van der Waals surface area contributed by atoms with Crippen molar-refractivity contribution in [2.75, 3.05) is 6.61 Å². The molecule has 0 N–H and O–H groups in total. The van der Waals surface area contributed by atoms with E-state index in [4.69, 9.17) is 4.74 Å². The van der Waals surface area contributed by atoms with E-state index in [1.807, 2.05) is 37.3 Å². The molecule has 0 saturated carbocycles. The van der Waals surface area contributed by atoms with Crippen LogP contribution in [0.25, 0.3) is 34.4 Å². The van der Waals surface area contributed by atoms with E-state index in [2.05, 4.69) is 6.92 Å². The highest BCUT2D eigenvalue weighted by Crippen LogP contribution is 2.32. The number of ether oxygens (including phenoxy) is 1. The Bertz CT molecular complexity index is 1320. The number of hydrogen-bond donors (Lipinski definition) is 0. The number of halogens is 3. The average Bonchev–Trinajstić information content (AvgIpc) is 2.87. The highest BCUT2D eigenvalue weighted by atomic mass is 19.2. The second-order valence-electron chi connectivity index (χ2n) is 8.50. The molecule has 0 atom stereocenters. The number of hydrogen-bond acceptors (Lipinski definition) is 1. The molecule has 4 heteroatoms. The zero-order valence-corrected chi connectivity index (χ0v) is 19.8. The summed E-state index contributed by atoms with van der Waals surface area (Å²) >= 11 is 0. The molecule has 0 heterocycles. The summed E-state index contributed by atoms with van der Waals surface area (Å²) in [4.78, 5) is 0. The van der Waals surface area contributed by atoms with Gasteiger partial charge in [0.05, 0.1) is 6.61 Å². The Morgan fingerprint density at radius 1 is 0.686 bits per heavy atom. The van der Waals surface area contributed by atoms with Gasteiger partial charge in [0.25, 0.3) is 0 Å². The largest absolute Gasteiger partial charge is 0.491 e. The average molecular weight is 473 g/mol. The number of unbranched alkanes of at least 4 members (excludes halogenated alkanes) is 1. The molecule has 0 bridgehead atoms. The molecule has 35 heavy (non-hydrogen) atoms. The number of rotatable bonds is 8. The van der Waals surface area contributed by atoms with Crippen LogP contribution >= 0.6 is 0 Å². The van der Waals surface area contributed by atoms with Gasteiger partial charge in [-0.05, 0) is 47.7 Å². The van der Waals surface area contributed by atoms with E-state index in [0.29, 0.717) is 23.3 Å². The van der Waals surface area contributed by atoms with E-state index < -0.39 is 17.5 Å². The molecule has 0 saturated heterocycles. The fourth-order valence-electron chi connectivity index (χ4n) is 3.76. The van der Waals surface area contributed by atoms with Crippen molar-refractivity contribution in [1.29, 1.82) is 0 Å². The highest BCUT2D eigenvalue weighted by molar-refractivity contribution is 5.74. The van der Waals surface area contributed by atoms with Crippen molar-refractivity contribution >= 4 is 12.2 Å². The standard InChI is InChI=1S/C31H27F3O/c1-3-4-19-35-29-18-11-23(20-28(29)32)8-7-22-9-14-25(15-10-22)27-17-16-26(30(33)31(27)34)24-12-5-21(2)6-13-24/h5-18,20H,3-4,19H2,1-2H3/b8-7+. The molecule has 0 radical (unpaired) electrons. The first kappa shape index (κ1) is 24.3. The van der Waals surface area contributed by atoms with E-state index >= 15 is 0 Å². The third-order valence-electron chi connectivity index (χ3n) is 5.85. The summed E-state index contributed by atoms with van der Waals surface area (Å²) in [7, 11) is 0. The molecule has 4 aromatic rings. The fourth-order valence-corrected chi connectivity index (χ4v) is 3.76. The van der Waals surface area contributed by atoms with Gasteiger partial charge < -0.3 is 4.74 Å². The highest BCUT2D eigenvalue weighted by Gasteiger charge is 2.16. The van der Waals surface area contributed by atoms with Gasteiger partial charge in [-0.1, -0.05) is 97.8 Å². The van der Waals surface area contributed by atoms with E-state index in [1.54, 1.807) is 54.6 Å². The molecule has 0 aliphatic heterocycles. The van der Waals surface area contributed by atoms with E-state index in [9.17, 15) is 13.2 Å². The van der Waals surface area contributed by atoms with Crippen LogP contribution in [0.4, 0.5) is 13.2 Å². The molecule has 0 spiro atoms. The molecular formula is C31H27F3O. The summed E-state index contributed by atoms with van der Waals surface area (Å²) in [6.07, 6.45) is 5.50. The van der Waals surface area contributed by atoms with Crippen LogP contribution in [0.5, 0.6) is 5.75 Å². The Morgan fingerprint density at radius 3 is 1.80 bits per heavy atom. The second-order valence-corrected chi connectivity index (χ2v) is 8.50. The maximum absolute atomic E-state index is 14.9. The van der Waals surface area contributed by atoms with Crippen molar-refractivity contribution < 1.29 is 17.9 Å². The summed E-state index contributed by atoms with van der Waals surface area (Å²) in [5.41, 5.74) is 4.27. The van der Waals surface area contributed by atoms with Crippen LogP contribution in [0.2, 0.25) is 0 Å². The molecule has 0 aromatic heterocycles. The molecular weight excluding hydrogens is 445 g/mol. The first-order chi connectivity index (χ1) is 17.0. The first-order valence-electron chi connectivity index (χ1n) is 11.7. The molecule has 1 nitrogen and oxygen atoms in total. The summed E-state index contributed by atoms with van der Waals surface area (Å²) < 4.78 is 49.5. The Labute approximate surface area is 204 Å². The third kappa shape index (κ3) is 5.83. The van der Waals surface area contributed by atoms with Gasteiger partial charge in [0.2, 0.25) is 0 Å². The van der Waals surface area contributed by atoms with Crippen molar-refractivity contribution in [1.82, 2.24) is 0 Å². The number of aryl methyl sites for hydroxylation is 1. The fraction of sp³-hybridized carbons (Fsp3) is 0.161. The van der Waals surface area contributed by atoms with E-state index in [-0.39, 0.29) is 16.9 Å². The SMILES string of the molecule is CCCCOc1ccc(/C=C/c2ccc(-c3ccc(-c4ccc(C)cc4)c(F)c3F)cc2)cc1F. The molecule has 0 fully saturated rings. The van der Waals surface area contributed by atoms with Crippen LogP contribution in [0, 0.1) is 24.4 Å². The second kappa shape index (κ2) is 11.1. The van der Waals surface area contributed by atoms with Gasteiger partial charge in [0.15, 0.2) is 23.2 Å². The van der Waals surface area contributed by atoms with Gasteiger partial charge in [0, 0.05) is 11.1 Å². The zero-order chi connectivity index (χ0) is 24.8. The van der Waals surface area contributed by atoms with Gasteiger partial charge >= 0.3 is 0 Å². The van der Waals surface area contributed by atoms with Crippen molar-refractivity contribution in [2.24, 2.45) is 0 Å². The lowest BCUT2D eigenvalue weighted by Crippen LogP contribution is -1.98. The Balaban J connectivity index is 1.49. The van der Waals surface area contributed by atoms with Crippen LogP contribution in [0.1, 0.15) is 36.5 Å². The minimum Gasteiger partial charge on any atom is -0.491 e. The van der Waals surface area contributed by atoms with Crippen molar-refractivity contribution in [3.63, 3.8) is 0 Å². The van der Waals surface area contributed by atoms with Gasteiger partial charge in [-0.25, -0.2) is 13.2 Å².